The number of ketones is 2. The van der Waals surface area contributed by atoms with E-state index in [9.17, 15) is 14.4 Å². The van der Waals surface area contributed by atoms with Gasteiger partial charge in [-0.25, -0.2) is 9.97 Å². The van der Waals surface area contributed by atoms with Crippen molar-refractivity contribution in [3.63, 3.8) is 0 Å². The Morgan fingerprint density at radius 3 is 2.39 bits per heavy atom. The Bertz CT molecular complexity index is 2410. The third-order valence-electron chi connectivity index (χ3n) is 10.9. The molecule has 0 saturated carbocycles. The number of allylic oxidation sites excluding steroid dienone is 2. The zero-order chi connectivity index (χ0) is 39.3. The van der Waals surface area contributed by atoms with Crippen LogP contribution in [0.2, 0.25) is 10.0 Å². The molecule has 2 aromatic heterocycles. The predicted molar refractivity (Wildman–Crippen MR) is 224 cm³/mol. The number of amides is 1. The van der Waals surface area contributed by atoms with Crippen molar-refractivity contribution in [3.05, 3.63) is 141 Å². The topological polar surface area (TPSA) is 113 Å². The Morgan fingerprint density at radius 1 is 0.911 bits per heavy atom. The number of halogens is 2. The van der Waals surface area contributed by atoms with Gasteiger partial charge in [0.1, 0.15) is 5.52 Å². The van der Waals surface area contributed by atoms with Crippen molar-refractivity contribution in [2.45, 2.75) is 65.0 Å². The molecule has 2 atom stereocenters. The molecule has 1 aliphatic heterocycles. The smallest absolute Gasteiger partial charge is 0.251 e. The van der Waals surface area contributed by atoms with Gasteiger partial charge in [-0.2, -0.15) is 0 Å². The quantitative estimate of drug-likeness (QED) is 0.0840. The fraction of sp³-hybridized carbons (Fsp3) is 0.311. The number of imidazole rings is 2. The molecule has 1 amide bonds. The van der Waals surface area contributed by atoms with E-state index >= 15 is 0 Å². The number of Topliss-reactive ketones (excluding diaryl/α,β-unsaturated/α-hetero) is 1. The van der Waals surface area contributed by atoms with Gasteiger partial charge in [-0.3, -0.25) is 14.4 Å². The van der Waals surface area contributed by atoms with Gasteiger partial charge in [0.15, 0.2) is 11.6 Å². The molecule has 56 heavy (non-hydrogen) atoms. The molecule has 288 valence electrons. The van der Waals surface area contributed by atoms with Gasteiger partial charge in [0.05, 0.1) is 32.2 Å². The average Bonchev–Trinajstić information content (AvgIpc) is 3.83. The van der Waals surface area contributed by atoms with Gasteiger partial charge >= 0.3 is 0 Å². The zero-order valence-corrected chi connectivity index (χ0v) is 33.4. The average molecular weight is 790 g/mol. The number of hydrogen-bond donors (Lipinski definition) is 2. The summed E-state index contributed by atoms with van der Waals surface area (Å²) in [6, 6.07) is 28.3. The maximum Gasteiger partial charge on any atom is 0.251 e. The lowest BCUT2D eigenvalue weighted by atomic mass is 9.87. The van der Waals surface area contributed by atoms with Crippen LogP contribution in [0.15, 0.2) is 103 Å². The number of aromatic nitrogens is 4. The number of piperidine rings is 1. The first-order valence-electron chi connectivity index (χ1n) is 19.3. The monoisotopic (exact) mass is 788 g/mol. The second-order valence-electron chi connectivity index (χ2n) is 14.9. The van der Waals surface area contributed by atoms with Crippen molar-refractivity contribution in [2.75, 3.05) is 19.6 Å². The number of para-hydroxylation sites is 3. The van der Waals surface area contributed by atoms with Gasteiger partial charge in [0, 0.05) is 36.5 Å². The molecular formula is C45H46Cl2N6O3. The first kappa shape index (κ1) is 39.2. The number of hydrogen-bond acceptors (Lipinski definition) is 6. The number of H-pyrrole nitrogens is 1. The van der Waals surface area contributed by atoms with E-state index < -0.39 is 0 Å². The van der Waals surface area contributed by atoms with E-state index in [1.54, 1.807) is 18.2 Å². The number of likely N-dealkylation sites (tertiary alicyclic amines) is 1. The molecule has 4 aromatic carbocycles. The highest BCUT2D eigenvalue weighted by Crippen LogP contribution is 2.33. The lowest BCUT2D eigenvalue weighted by molar-refractivity contribution is 0.0760. The van der Waals surface area contributed by atoms with Crippen LogP contribution in [0.3, 0.4) is 0 Å². The summed E-state index contributed by atoms with van der Waals surface area (Å²) in [7, 11) is 0. The van der Waals surface area contributed by atoms with E-state index in [1.807, 2.05) is 91.2 Å². The molecule has 0 aliphatic carbocycles. The normalized spacial score (nSPS) is 14.8. The van der Waals surface area contributed by atoms with E-state index in [2.05, 4.69) is 28.2 Å². The standard InChI is InChI=1S/C45H46Cl2N6O3/c1-4-33(25-32(31-17-18-35(46)36(47)26-31)27-48-45(56)30-11-6-5-7-12-30)52-22-20-29(21-23-52)41(54)43-49-38-15-10-13-34(40(38)51-43)42(55)44-50-37-14-8-9-16-39(37)53(44)24-19-28(2)3/h5-19,26,29,32-33H,4,20-25,27H2,1-3H3,(H,48,56)(H,49,51). The Kier molecular flexibility index (Phi) is 12.1. The van der Waals surface area contributed by atoms with Crippen LogP contribution in [-0.4, -0.2) is 67.6 Å². The van der Waals surface area contributed by atoms with Crippen LogP contribution >= 0.6 is 23.2 Å². The van der Waals surface area contributed by atoms with Gasteiger partial charge < -0.3 is 19.8 Å². The lowest BCUT2D eigenvalue weighted by Gasteiger charge is -2.38. The second-order valence-corrected chi connectivity index (χ2v) is 15.7. The summed E-state index contributed by atoms with van der Waals surface area (Å²) in [4.78, 5) is 56.4. The summed E-state index contributed by atoms with van der Waals surface area (Å²) in [5.41, 5.74) is 5.93. The highest BCUT2D eigenvalue weighted by Gasteiger charge is 2.32. The molecular weight excluding hydrogens is 743 g/mol. The summed E-state index contributed by atoms with van der Waals surface area (Å²) < 4.78 is 1.94. The molecule has 11 heteroatoms. The Labute approximate surface area is 337 Å². The second kappa shape index (κ2) is 17.4. The Balaban J connectivity index is 1.05. The number of fused-ring (bicyclic) bond motifs is 2. The van der Waals surface area contributed by atoms with Gasteiger partial charge in [0.25, 0.3) is 5.91 Å². The number of benzene rings is 4. The highest BCUT2D eigenvalue weighted by molar-refractivity contribution is 6.42. The third-order valence-corrected chi connectivity index (χ3v) is 11.7. The SMILES string of the molecule is CCC(CC(CNC(=O)c1ccccc1)c1ccc(Cl)c(Cl)c1)N1CCC(C(=O)c2nc3c(C(=O)c4nc5ccccc5n4CC=C(C)C)cccc3[nH]2)CC1. The fourth-order valence-corrected chi connectivity index (χ4v) is 8.10. The molecule has 1 fully saturated rings. The van der Waals surface area contributed by atoms with E-state index in [4.69, 9.17) is 33.2 Å². The fourth-order valence-electron chi connectivity index (χ4n) is 7.79. The van der Waals surface area contributed by atoms with Crippen molar-refractivity contribution < 1.29 is 14.4 Å². The van der Waals surface area contributed by atoms with Crippen LogP contribution in [0.5, 0.6) is 0 Å². The van der Waals surface area contributed by atoms with Gasteiger partial charge in [0.2, 0.25) is 11.6 Å². The minimum atomic E-state index is -0.239. The first-order chi connectivity index (χ1) is 27.1. The third kappa shape index (κ3) is 8.50. The molecule has 1 saturated heterocycles. The van der Waals surface area contributed by atoms with Crippen LogP contribution in [0.4, 0.5) is 0 Å². The van der Waals surface area contributed by atoms with E-state index in [0.717, 1.165) is 48.1 Å². The Morgan fingerprint density at radius 2 is 1.66 bits per heavy atom. The largest absolute Gasteiger partial charge is 0.351 e. The lowest BCUT2D eigenvalue weighted by Crippen LogP contribution is -2.44. The molecule has 0 spiro atoms. The molecule has 2 N–H and O–H groups in total. The van der Waals surface area contributed by atoms with Crippen LogP contribution in [0.25, 0.3) is 22.1 Å². The van der Waals surface area contributed by atoms with E-state index in [1.165, 1.54) is 0 Å². The molecule has 0 radical (unpaired) electrons. The predicted octanol–water partition coefficient (Wildman–Crippen LogP) is 9.69. The molecule has 3 heterocycles. The van der Waals surface area contributed by atoms with E-state index in [-0.39, 0.29) is 41.2 Å². The number of carbonyl (C=O) groups excluding carboxylic acids is 3. The number of aromatic amines is 1. The summed E-state index contributed by atoms with van der Waals surface area (Å²) in [6.07, 6.45) is 5.16. The molecule has 1 aliphatic rings. The minimum Gasteiger partial charge on any atom is -0.351 e. The minimum absolute atomic E-state index is 0.00198. The van der Waals surface area contributed by atoms with Crippen molar-refractivity contribution in [3.8, 4) is 0 Å². The van der Waals surface area contributed by atoms with Crippen LogP contribution in [0, 0.1) is 5.92 Å². The Hall–Kier alpha value is -5.09. The van der Waals surface area contributed by atoms with Gasteiger partial charge in [-0.15, -0.1) is 0 Å². The van der Waals surface area contributed by atoms with Gasteiger partial charge in [-0.05, 0) is 107 Å². The summed E-state index contributed by atoms with van der Waals surface area (Å²) in [5.74, 6) is 0.00939. The maximum atomic E-state index is 14.2. The van der Waals surface area contributed by atoms with Crippen LogP contribution < -0.4 is 5.32 Å². The number of nitrogens with one attached hydrogen (secondary N) is 2. The summed E-state index contributed by atoms with van der Waals surface area (Å²) in [6.45, 7) is 8.71. The van der Waals surface area contributed by atoms with Crippen LogP contribution in [-0.2, 0) is 6.54 Å². The number of nitrogens with zero attached hydrogens (tertiary/aromatic N) is 4. The summed E-state index contributed by atoms with van der Waals surface area (Å²) in [5, 5.41) is 4.11. The molecule has 6 aromatic rings. The zero-order valence-electron chi connectivity index (χ0n) is 31.9. The molecule has 7 rings (SSSR count). The van der Waals surface area contributed by atoms with Gasteiger partial charge in [-0.1, -0.05) is 84.2 Å². The van der Waals surface area contributed by atoms with Crippen molar-refractivity contribution in [1.82, 2.24) is 29.7 Å². The maximum absolute atomic E-state index is 14.2. The highest BCUT2D eigenvalue weighted by atomic mass is 35.5. The molecule has 9 nitrogen and oxygen atoms in total. The summed E-state index contributed by atoms with van der Waals surface area (Å²) >= 11 is 12.7. The molecule has 0 bridgehead atoms. The van der Waals surface area contributed by atoms with Crippen molar-refractivity contribution in [2.24, 2.45) is 5.92 Å². The van der Waals surface area contributed by atoms with Crippen molar-refractivity contribution >= 4 is 62.7 Å². The van der Waals surface area contributed by atoms with Crippen LogP contribution in [0.1, 0.15) is 95.1 Å². The first-order valence-corrected chi connectivity index (χ1v) is 20.0. The van der Waals surface area contributed by atoms with E-state index in [0.29, 0.717) is 64.0 Å². The van der Waals surface area contributed by atoms with Crippen molar-refractivity contribution in [1.29, 1.82) is 0 Å². The number of carbonyl (C=O) groups is 3. The molecule has 2 unspecified atom stereocenters. The number of rotatable bonds is 14.